The maximum atomic E-state index is 14.2. The molecule has 0 atom stereocenters. The topological polar surface area (TPSA) is 94.5 Å². The lowest BCUT2D eigenvalue weighted by Crippen LogP contribution is -2.12. The number of nitrogen functional groups attached to an aromatic ring is 1. The van der Waals surface area contributed by atoms with E-state index in [0.29, 0.717) is 5.56 Å². The third-order valence-corrected chi connectivity index (χ3v) is 4.45. The fourth-order valence-electron chi connectivity index (χ4n) is 3.07. The summed E-state index contributed by atoms with van der Waals surface area (Å²) in [6.07, 6.45) is 5.73. The van der Waals surface area contributed by atoms with Gasteiger partial charge in [-0.25, -0.2) is 13.8 Å². The largest absolute Gasteiger partial charge is 0.383 e. The highest BCUT2D eigenvalue weighted by molar-refractivity contribution is 5.76. The van der Waals surface area contributed by atoms with Crippen LogP contribution in [0.15, 0.2) is 36.5 Å². The van der Waals surface area contributed by atoms with Crippen molar-refractivity contribution in [3.8, 4) is 17.1 Å². The highest BCUT2D eigenvalue weighted by Gasteiger charge is 2.19. The lowest BCUT2D eigenvalue weighted by molar-refractivity contribution is 0.501. The highest BCUT2D eigenvalue weighted by atomic mass is 19.2. The number of nitrogens with two attached hydrogens (primary N) is 1. The van der Waals surface area contributed by atoms with E-state index >= 15 is 0 Å². The van der Waals surface area contributed by atoms with Crippen molar-refractivity contribution >= 4 is 11.4 Å². The van der Waals surface area contributed by atoms with Crippen molar-refractivity contribution in [2.75, 3.05) is 18.8 Å². The van der Waals surface area contributed by atoms with E-state index < -0.39 is 11.6 Å². The van der Waals surface area contributed by atoms with Gasteiger partial charge in [-0.2, -0.15) is 4.68 Å². The van der Waals surface area contributed by atoms with Gasteiger partial charge in [-0.15, -0.1) is 5.10 Å². The van der Waals surface area contributed by atoms with Crippen molar-refractivity contribution < 1.29 is 8.78 Å². The lowest BCUT2D eigenvalue weighted by Gasteiger charge is -2.11. The van der Waals surface area contributed by atoms with E-state index in [0.717, 1.165) is 47.8 Å². The fraction of sp³-hybridized carbons (Fsp3) is 0.222. The molecule has 0 radical (unpaired) electrons. The Morgan fingerprint density at radius 2 is 2.11 bits per heavy atom. The molecule has 1 aliphatic rings. The zero-order valence-electron chi connectivity index (χ0n) is 14.4. The van der Waals surface area contributed by atoms with E-state index in [-0.39, 0.29) is 17.3 Å². The van der Waals surface area contributed by atoms with Crippen molar-refractivity contribution in [1.29, 1.82) is 0 Å². The second kappa shape index (κ2) is 7.20. The Morgan fingerprint density at radius 3 is 3.00 bits per heavy atom. The predicted octanol–water partition coefficient (Wildman–Crippen LogP) is 2.35. The molecule has 138 valence electrons. The minimum absolute atomic E-state index is 0.0994. The lowest BCUT2D eigenvalue weighted by atomic mass is 10.0. The molecule has 0 unspecified atom stereocenters. The second-order valence-corrected chi connectivity index (χ2v) is 6.18. The second-order valence-electron chi connectivity index (χ2n) is 6.18. The first kappa shape index (κ1) is 17.2. The minimum atomic E-state index is -1.04. The van der Waals surface area contributed by atoms with Crippen LogP contribution in [0.25, 0.3) is 22.6 Å². The maximum Gasteiger partial charge on any atom is 0.190 e. The molecule has 3 aromatic rings. The number of nitrogens with one attached hydrogen (secondary N) is 1. The van der Waals surface area contributed by atoms with Crippen molar-refractivity contribution in [3.05, 3.63) is 53.7 Å². The number of tetrazole rings is 1. The Kier molecular flexibility index (Phi) is 4.59. The molecule has 27 heavy (non-hydrogen) atoms. The molecule has 0 spiro atoms. The molecule has 1 aliphatic heterocycles. The Hall–Kier alpha value is -3.20. The van der Waals surface area contributed by atoms with Crippen LogP contribution in [0.3, 0.4) is 0 Å². The van der Waals surface area contributed by atoms with Crippen LogP contribution in [-0.4, -0.2) is 38.3 Å². The van der Waals surface area contributed by atoms with Gasteiger partial charge >= 0.3 is 0 Å². The molecule has 0 aliphatic carbocycles. The molecule has 9 heteroatoms. The van der Waals surface area contributed by atoms with E-state index in [4.69, 9.17) is 5.73 Å². The number of nitrogens with zero attached hydrogens (tertiary/aromatic N) is 5. The normalized spacial score (nSPS) is 14.7. The number of allylic oxidation sites excluding steroid dienone is 1. The van der Waals surface area contributed by atoms with Crippen molar-refractivity contribution in [1.82, 2.24) is 30.5 Å². The smallest absolute Gasteiger partial charge is 0.190 e. The number of halogens is 2. The SMILES string of the molecule is Nc1ncc(C2=CCNCCC2)cc1-c1nnnn1-c1cccc(F)c1F. The molecule has 3 heterocycles. The Bertz CT molecular complexity index is 1010. The predicted molar refractivity (Wildman–Crippen MR) is 96.8 cm³/mol. The Balaban J connectivity index is 1.81. The third-order valence-electron chi connectivity index (χ3n) is 4.45. The summed E-state index contributed by atoms with van der Waals surface area (Å²) >= 11 is 0. The summed E-state index contributed by atoms with van der Waals surface area (Å²) in [5, 5.41) is 14.7. The summed E-state index contributed by atoms with van der Waals surface area (Å²) in [6, 6.07) is 5.65. The maximum absolute atomic E-state index is 14.2. The molecule has 0 saturated carbocycles. The molecule has 0 bridgehead atoms. The van der Waals surface area contributed by atoms with Gasteiger partial charge in [0.2, 0.25) is 0 Å². The minimum Gasteiger partial charge on any atom is -0.383 e. The first-order valence-electron chi connectivity index (χ1n) is 8.54. The Labute approximate surface area is 153 Å². The van der Waals surface area contributed by atoms with Crippen LogP contribution >= 0.6 is 0 Å². The first-order chi connectivity index (χ1) is 13.1. The van der Waals surface area contributed by atoms with Gasteiger partial charge in [-0.3, -0.25) is 0 Å². The van der Waals surface area contributed by atoms with Gasteiger partial charge in [0.05, 0.1) is 5.56 Å². The molecule has 7 nitrogen and oxygen atoms in total. The standard InChI is InChI=1S/C18H17F2N7/c19-14-4-1-5-15(16(14)20)27-18(24-25-26-27)13-9-12(10-23-17(13)21)11-3-2-7-22-8-6-11/h1,4-6,9-10,22H,2-3,7-8H2,(H2,21,23). The number of rotatable bonds is 3. The van der Waals surface area contributed by atoms with Crippen LogP contribution in [0.2, 0.25) is 0 Å². The summed E-state index contributed by atoms with van der Waals surface area (Å²) in [5.74, 6) is -1.62. The van der Waals surface area contributed by atoms with Gasteiger partial charge in [0.25, 0.3) is 0 Å². The molecule has 4 rings (SSSR count). The van der Waals surface area contributed by atoms with E-state index in [1.165, 1.54) is 12.1 Å². The zero-order valence-corrected chi connectivity index (χ0v) is 14.4. The fourth-order valence-corrected chi connectivity index (χ4v) is 3.07. The van der Waals surface area contributed by atoms with E-state index in [1.54, 1.807) is 6.20 Å². The van der Waals surface area contributed by atoms with E-state index in [1.807, 2.05) is 6.07 Å². The molecule has 0 amide bonds. The van der Waals surface area contributed by atoms with Crippen LogP contribution in [0, 0.1) is 11.6 Å². The number of hydrogen-bond acceptors (Lipinski definition) is 6. The molecule has 1 aromatic carbocycles. The summed E-state index contributed by atoms with van der Waals surface area (Å²) in [5.41, 5.74) is 8.44. The number of anilines is 1. The summed E-state index contributed by atoms with van der Waals surface area (Å²) in [6.45, 7) is 1.73. The molecular weight excluding hydrogens is 352 g/mol. The van der Waals surface area contributed by atoms with Crippen molar-refractivity contribution in [2.24, 2.45) is 0 Å². The first-order valence-corrected chi connectivity index (χ1v) is 8.54. The van der Waals surface area contributed by atoms with Crippen molar-refractivity contribution in [3.63, 3.8) is 0 Å². The van der Waals surface area contributed by atoms with E-state index in [9.17, 15) is 8.78 Å². The van der Waals surface area contributed by atoms with Crippen LogP contribution in [-0.2, 0) is 0 Å². The van der Waals surface area contributed by atoms with Gasteiger partial charge in [0, 0.05) is 12.7 Å². The average molecular weight is 369 g/mol. The quantitative estimate of drug-likeness (QED) is 0.736. The van der Waals surface area contributed by atoms with Crippen LogP contribution < -0.4 is 11.1 Å². The molecule has 0 fully saturated rings. The number of pyridine rings is 1. The van der Waals surface area contributed by atoms with Gasteiger partial charge in [0.15, 0.2) is 17.5 Å². The van der Waals surface area contributed by atoms with Gasteiger partial charge in [-0.1, -0.05) is 12.1 Å². The van der Waals surface area contributed by atoms with Gasteiger partial charge < -0.3 is 11.1 Å². The van der Waals surface area contributed by atoms with Crippen molar-refractivity contribution in [2.45, 2.75) is 12.8 Å². The van der Waals surface area contributed by atoms with Crippen LogP contribution in [0.4, 0.5) is 14.6 Å². The molecular formula is C18H17F2N7. The van der Waals surface area contributed by atoms with Crippen LogP contribution in [0.5, 0.6) is 0 Å². The summed E-state index contributed by atoms with van der Waals surface area (Å²) < 4.78 is 29.0. The van der Waals surface area contributed by atoms with Crippen LogP contribution in [0.1, 0.15) is 18.4 Å². The number of aromatic nitrogens is 5. The van der Waals surface area contributed by atoms with E-state index in [2.05, 4.69) is 31.9 Å². The summed E-state index contributed by atoms with van der Waals surface area (Å²) in [4.78, 5) is 4.26. The number of benzene rings is 1. The average Bonchev–Trinajstić information content (AvgIpc) is 2.98. The van der Waals surface area contributed by atoms with Gasteiger partial charge in [-0.05, 0) is 59.1 Å². The Morgan fingerprint density at radius 1 is 1.22 bits per heavy atom. The summed E-state index contributed by atoms with van der Waals surface area (Å²) in [7, 11) is 0. The van der Waals surface area contributed by atoms with Gasteiger partial charge in [0.1, 0.15) is 11.5 Å². The highest BCUT2D eigenvalue weighted by Crippen LogP contribution is 2.30. The molecule has 0 saturated heterocycles. The third kappa shape index (κ3) is 3.28. The molecule has 2 aromatic heterocycles. The molecule has 3 N–H and O–H groups in total. The zero-order chi connectivity index (χ0) is 18.8. The number of hydrogen-bond donors (Lipinski definition) is 2. The monoisotopic (exact) mass is 369 g/mol.